The number of esters is 1. The number of carbonyl (C=O) groups excluding carboxylic acids is 2. The van der Waals surface area contributed by atoms with Gasteiger partial charge in [0, 0.05) is 34.2 Å². The summed E-state index contributed by atoms with van der Waals surface area (Å²) in [6.45, 7) is 6.22. The molecule has 2 aromatic carbocycles. The van der Waals surface area contributed by atoms with E-state index in [2.05, 4.69) is 11.9 Å². The van der Waals surface area contributed by atoms with Crippen molar-refractivity contribution in [2.75, 3.05) is 17.7 Å². The van der Waals surface area contributed by atoms with Crippen LogP contribution in [-0.4, -0.2) is 30.0 Å². The van der Waals surface area contributed by atoms with Gasteiger partial charge in [0.1, 0.15) is 10.4 Å². The van der Waals surface area contributed by atoms with E-state index in [1.165, 1.54) is 18.4 Å². The van der Waals surface area contributed by atoms with Crippen molar-refractivity contribution >= 4 is 45.7 Å². The number of hydrogen-bond acceptors (Lipinski definition) is 7. The van der Waals surface area contributed by atoms with E-state index >= 15 is 0 Å². The highest BCUT2D eigenvalue weighted by Gasteiger charge is 2.33. The molecular formula is C30H33N3O4S. The molecule has 4 aromatic rings. The lowest BCUT2D eigenvalue weighted by atomic mass is 9.82. The zero-order valence-corrected chi connectivity index (χ0v) is 23.0. The van der Waals surface area contributed by atoms with Crippen LogP contribution < -0.4 is 10.6 Å². The fourth-order valence-corrected chi connectivity index (χ4v) is 6.21. The fourth-order valence-electron chi connectivity index (χ4n) is 5.14. The summed E-state index contributed by atoms with van der Waals surface area (Å²) in [4.78, 5) is 34.2. The number of hydrogen-bond donors (Lipinski definition) is 1. The van der Waals surface area contributed by atoms with E-state index in [0.29, 0.717) is 33.6 Å². The molecule has 0 aliphatic heterocycles. The van der Waals surface area contributed by atoms with Crippen LogP contribution in [0.25, 0.3) is 33.0 Å². The van der Waals surface area contributed by atoms with Gasteiger partial charge >= 0.3 is 5.97 Å². The molecule has 1 amide bonds. The zero-order valence-electron chi connectivity index (χ0n) is 22.2. The summed E-state index contributed by atoms with van der Waals surface area (Å²) in [5.41, 5.74) is 10.3. The normalized spacial score (nSPS) is 17.6. The van der Waals surface area contributed by atoms with Crippen molar-refractivity contribution in [3.8, 4) is 21.9 Å². The van der Waals surface area contributed by atoms with Crippen LogP contribution in [0, 0.1) is 11.8 Å². The largest absolute Gasteiger partial charge is 0.465 e. The first-order valence-corrected chi connectivity index (χ1v) is 13.9. The van der Waals surface area contributed by atoms with Crippen LogP contribution in [0.4, 0.5) is 11.4 Å². The van der Waals surface area contributed by atoms with E-state index in [-0.39, 0.29) is 17.9 Å². The fraction of sp³-hybridized carbons (Fsp3) is 0.367. The average Bonchev–Trinajstić information content (AvgIpc) is 3.53. The highest BCUT2D eigenvalue weighted by atomic mass is 32.1. The lowest BCUT2D eigenvalue weighted by Crippen LogP contribution is -2.42. The highest BCUT2D eigenvalue weighted by Crippen LogP contribution is 2.40. The molecule has 1 fully saturated rings. The first-order chi connectivity index (χ1) is 18.2. The molecule has 2 N–H and O–H groups in total. The Bertz CT molecular complexity index is 1460. The Balaban J connectivity index is 1.47. The number of oxazole rings is 1. The maximum atomic E-state index is 13.7. The zero-order chi connectivity index (χ0) is 27.0. The minimum absolute atomic E-state index is 0.0200. The van der Waals surface area contributed by atoms with Crippen molar-refractivity contribution in [1.29, 1.82) is 0 Å². The molecule has 0 radical (unpaired) electrons. The van der Waals surface area contributed by atoms with Crippen molar-refractivity contribution in [2.45, 2.75) is 52.5 Å². The predicted molar refractivity (Wildman–Crippen MR) is 152 cm³/mol. The van der Waals surface area contributed by atoms with Gasteiger partial charge in [0.25, 0.3) is 0 Å². The minimum atomic E-state index is -0.436. The Labute approximate surface area is 226 Å². The standard InChI is InChI=1S/C30H33N3O4S/c1-17(2)33(29(34)21-7-5-18(3)6-8-21)24-16-26(38-27(24)30(35)36-4)19-9-11-20(12-10-19)28-32-23-14-13-22(31)15-25(23)37-28/h9-18,21H,5-8,31H2,1-4H3. The van der Waals surface area contributed by atoms with E-state index in [1.807, 2.05) is 50.2 Å². The summed E-state index contributed by atoms with van der Waals surface area (Å²) in [6.07, 6.45) is 3.89. The molecule has 38 heavy (non-hydrogen) atoms. The van der Waals surface area contributed by atoms with E-state index in [9.17, 15) is 9.59 Å². The molecule has 0 bridgehead atoms. The minimum Gasteiger partial charge on any atom is -0.465 e. The van der Waals surface area contributed by atoms with Crippen LogP contribution >= 0.6 is 11.3 Å². The van der Waals surface area contributed by atoms with Gasteiger partial charge in [-0.15, -0.1) is 11.3 Å². The summed E-state index contributed by atoms with van der Waals surface area (Å²) in [7, 11) is 1.37. The Morgan fingerprint density at radius 2 is 1.74 bits per heavy atom. The van der Waals surface area contributed by atoms with E-state index in [0.717, 1.165) is 47.2 Å². The molecule has 7 nitrogen and oxygen atoms in total. The molecule has 2 heterocycles. The molecule has 0 unspecified atom stereocenters. The molecule has 1 saturated carbocycles. The number of methoxy groups -OCH3 is 1. The van der Waals surface area contributed by atoms with Gasteiger partial charge in [-0.25, -0.2) is 9.78 Å². The van der Waals surface area contributed by atoms with Crippen molar-refractivity contribution in [3.63, 3.8) is 0 Å². The first-order valence-electron chi connectivity index (χ1n) is 13.1. The number of nitrogen functional groups attached to an aromatic ring is 1. The van der Waals surface area contributed by atoms with Gasteiger partial charge in [0.05, 0.1) is 12.8 Å². The number of anilines is 2. The average molecular weight is 532 g/mol. The molecule has 2 aromatic heterocycles. The van der Waals surface area contributed by atoms with Crippen LogP contribution in [0.5, 0.6) is 0 Å². The van der Waals surface area contributed by atoms with E-state index in [4.69, 9.17) is 14.9 Å². The van der Waals surface area contributed by atoms with Gasteiger partial charge < -0.3 is 19.8 Å². The van der Waals surface area contributed by atoms with Crippen LogP contribution in [0.2, 0.25) is 0 Å². The molecule has 1 aliphatic carbocycles. The molecule has 1 aliphatic rings. The topological polar surface area (TPSA) is 98.7 Å². The van der Waals surface area contributed by atoms with Gasteiger partial charge in [-0.05, 0) is 81.3 Å². The second kappa shape index (κ2) is 10.6. The molecule has 0 saturated heterocycles. The summed E-state index contributed by atoms with van der Waals surface area (Å²) < 4.78 is 11.0. The number of fused-ring (bicyclic) bond motifs is 1. The van der Waals surface area contributed by atoms with Crippen molar-refractivity contribution in [1.82, 2.24) is 4.98 Å². The van der Waals surface area contributed by atoms with Gasteiger partial charge in [0.15, 0.2) is 5.58 Å². The molecule has 5 rings (SSSR count). The highest BCUT2D eigenvalue weighted by molar-refractivity contribution is 7.18. The monoisotopic (exact) mass is 531 g/mol. The predicted octanol–water partition coefficient (Wildman–Crippen LogP) is 7.16. The number of nitrogens with zero attached hydrogens (tertiary/aromatic N) is 2. The van der Waals surface area contributed by atoms with Crippen molar-refractivity contribution in [3.05, 3.63) is 53.4 Å². The second-order valence-electron chi connectivity index (χ2n) is 10.4. The summed E-state index contributed by atoms with van der Waals surface area (Å²) in [5, 5.41) is 0. The molecule has 198 valence electrons. The summed E-state index contributed by atoms with van der Waals surface area (Å²) >= 11 is 1.34. The van der Waals surface area contributed by atoms with Crippen LogP contribution in [-0.2, 0) is 9.53 Å². The molecular weight excluding hydrogens is 498 g/mol. The smallest absolute Gasteiger partial charge is 0.350 e. The van der Waals surface area contributed by atoms with Crippen LogP contribution in [0.3, 0.4) is 0 Å². The Morgan fingerprint density at radius 3 is 2.39 bits per heavy atom. The van der Waals surface area contributed by atoms with Gasteiger partial charge in [-0.2, -0.15) is 0 Å². The Morgan fingerprint density at radius 1 is 1.05 bits per heavy atom. The van der Waals surface area contributed by atoms with Gasteiger partial charge in [-0.3, -0.25) is 4.79 Å². The third-order valence-electron chi connectivity index (χ3n) is 7.29. The number of aromatic nitrogens is 1. The van der Waals surface area contributed by atoms with Crippen molar-refractivity contribution < 1.29 is 18.7 Å². The summed E-state index contributed by atoms with van der Waals surface area (Å²) in [6, 6.07) is 15.1. The molecule has 0 atom stereocenters. The third-order valence-corrected chi connectivity index (χ3v) is 8.44. The number of rotatable bonds is 6. The van der Waals surface area contributed by atoms with Crippen molar-refractivity contribution in [2.24, 2.45) is 11.8 Å². The molecule has 0 spiro atoms. The van der Waals surface area contributed by atoms with Gasteiger partial charge in [0.2, 0.25) is 11.8 Å². The lowest BCUT2D eigenvalue weighted by molar-refractivity contribution is -0.123. The quantitative estimate of drug-likeness (QED) is 0.209. The number of carbonyl (C=O) groups is 2. The number of thiophene rings is 1. The SMILES string of the molecule is COC(=O)c1sc(-c2ccc(-c3nc4ccc(N)cc4o3)cc2)cc1N(C(=O)C1CCC(C)CC1)C(C)C. The Kier molecular flexibility index (Phi) is 7.25. The summed E-state index contributed by atoms with van der Waals surface area (Å²) in [5.74, 6) is 0.800. The molecule has 8 heteroatoms. The number of benzene rings is 2. The maximum Gasteiger partial charge on any atom is 0.350 e. The van der Waals surface area contributed by atoms with Crippen LogP contribution in [0.15, 0.2) is 52.9 Å². The second-order valence-corrected chi connectivity index (χ2v) is 11.5. The Hall–Kier alpha value is -3.65. The van der Waals surface area contributed by atoms with E-state index in [1.54, 1.807) is 17.0 Å². The maximum absolute atomic E-state index is 13.7. The lowest BCUT2D eigenvalue weighted by Gasteiger charge is -2.33. The third kappa shape index (κ3) is 5.05. The number of ether oxygens (including phenoxy) is 1. The number of amides is 1. The number of nitrogens with two attached hydrogens (primary N) is 1. The first kappa shape index (κ1) is 26.0. The van der Waals surface area contributed by atoms with Crippen LogP contribution in [0.1, 0.15) is 56.1 Å². The van der Waals surface area contributed by atoms with E-state index < -0.39 is 5.97 Å². The van der Waals surface area contributed by atoms with Gasteiger partial charge in [-0.1, -0.05) is 19.1 Å².